The van der Waals surface area contributed by atoms with Gasteiger partial charge in [0.2, 0.25) is 11.8 Å². The van der Waals surface area contributed by atoms with Crippen LogP contribution in [0.2, 0.25) is 0 Å². The van der Waals surface area contributed by atoms with Gasteiger partial charge in [-0.2, -0.15) is 4.98 Å². The molecule has 20 heavy (non-hydrogen) atoms. The van der Waals surface area contributed by atoms with Crippen molar-refractivity contribution in [2.75, 3.05) is 11.9 Å². The topological polar surface area (TPSA) is 80.0 Å². The van der Waals surface area contributed by atoms with E-state index in [1.54, 1.807) is 0 Å². The number of carbonyl (C=O) groups is 1. The van der Waals surface area contributed by atoms with Crippen molar-refractivity contribution >= 4 is 11.6 Å². The maximum absolute atomic E-state index is 11.9. The first-order chi connectivity index (χ1) is 9.70. The Kier molecular flexibility index (Phi) is 3.47. The van der Waals surface area contributed by atoms with E-state index in [0.717, 1.165) is 24.2 Å². The van der Waals surface area contributed by atoms with Gasteiger partial charge in [0.15, 0.2) is 5.82 Å². The highest BCUT2D eigenvalue weighted by Gasteiger charge is 2.24. The number of aromatic nitrogens is 2. The van der Waals surface area contributed by atoms with Crippen molar-refractivity contribution in [3.63, 3.8) is 0 Å². The van der Waals surface area contributed by atoms with Gasteiger partial charge in [0.05, 0.1) is 12.5 Å². The number of rotatable bonds is 4. The quantitative estimate of drug-likeness (QED) is 0.883. The molecular weight excluding hydrogens is 256 g/mol. The number of aryl methyl sites for hydroxylation is 1. The predicted molar refractivity (Wildman–Crippen MR) is 73.2 cm³/mol. The lowest BCUT2D eigenvalue weighted by atomic mass is 10.1. The van der Waals surface area contributed by atoms with Crippen molar-refractivity contribution < 1.29 is 9.32 Å². The normalized spacial score (nSPS) is 17.6. The van der Waals surface area contributed by atoms with Crippen LogP contribution in [0, 0.1) is 6.92 Å². The second kappa shape index (κ2) is 5.42. The summed E-state index contributed by atoms with van der Waals surface area (Å²) in [5.74, 6) is 0.829. The first-order valence-corrected chi connectivity index (χ1v) is 6.63. The molecule has 3 rings (SSSR count). The second-order valence-corrected chi connectivity index (χ2v) is 4.94. The van der Waals surface area contributed by atoms with Crippen LogP contribution in [-0.4, -0.2) is 22.6 Å². The summed E-state index contributed by atoms with van der Waals surface area (Å²) < 4.78 is 5.13. The van der Waals surface area contributed by atoms with Crippen LogP contribution in [0.15, 0.2) is 28.8 Å². The average Bonchev–Trinajstić information content (AvgIpc) is 2.78. The van der Waals surface area contributed by atoms with Gasteiger partial charge < -0.3 is 15.2 Å². The largest absolute Gasteiger partial charge is 0.338 e. The predicted octanol–water partition coefficient (Wildman–Crippen LogP) is 1.59. The number of nitrogens with one attached hydrogen (secondary N) is 2. The van der Waals surface area contributed by atoms with Gasteiger partial charge in [-0.15, -0.1) is 0 Å². The molecular formula is C14H16N4O2. The molecule has 0 aliphatic carbocycles. The van der Waals surface area contributed by atoms with Crippen LogP contribution in [0.3, 0.4) is 0 Å². The molecule has 0 bridgehead atoms. The highest BCUT2D eigenvalue weighted by atomic mass is 16.5. The molecule has 6 nitrogen and oxygen atoms in total. The summed E-state index contributed by atoms with van der Waals surface area (Å²) >= 11 is 0. The van der Waals surface area contributed by atoms with E-state index in [4.69, 9.17) is 4.52 Å². The van der Waals surface area contributed by atoms with Crippen molar-refractivity contribution in [2.24, 2.45) is 0 Å². The maximum Gasteiger partial charge on any atom is 0.243 e. The molecule has 0 unspecified atom stereocenters. The van der Waals surface area contributed by atoms with E-state index >= 15 is 0 Å². The molecule has 1 aliphatic rings. The Balaban J connectivity index is 1.58. The number of hydrogen-bond acceptors (Lipinski definition) is 5. The Bertz CT molecular complexity index is 602. The molecule has 1 fully saturated rings. The molecule has 0 radical (unpaired) electrons. The van der Waals surface area contributed by atoms with Crippen LogP contribution in [0.1, 0.15) is 29.7 Å². The van der Waals surface area contributed by atoms with Gasteiger partial charge in [0.1, 0.15) is 0 Å². The molecule has 1 amide bonds. The standard InChI is InChI=1S/C14H16N4O2/c1-9-2-4-10(5-3-9)16-13(19)8-12-17-14(20-18-12)11-6-7-15-11/h2-5,11,15H,6-8H2,1H3,(H,16,19)/t11-/m1/s1. The van der Waals surface area contributed by atoms with E-state index < -0.39 is 0 Å². The fourth-order valence-corrected chi connectivity index (χ4v) is 1.97. The zero-order valence-electron chi connectivity index (χ0n) is 11.2. The molecule has 0 saturated carbocycles. The van der Waals surface area contributed by atoms with Crippen LogP contribution in [0.25, 0.3) is 0 Å². The third-order valence-electron chi connectivity index (χ3n) is 3.26. The SMILES string of the molecule is Cc1ccc(NC(=O)Cc2noc([C@H]3CCN3)n2)cc1. The van der Waals surface area contributed by atoms with Crippen molar-refractivity contribution in [1.82, 2.24) is 15.5 Å². The van der Waals surface area contributed by atoms with Gasteiger partial charge in [0.25, 0.3) is 0 Å². The number of hydrogen-bond donors (Lipinski definition) is 2. The zero-order chi connectivity index (χ0) is 13.9. The highest BCUT2D eigenvalue weighted by molar-refractivity contribution is 5.91. The van der Waals surface area contributed by atoms with Crippen molar-refractivity contribution in [1.29, 1.82) is 0 Å². The minimum atomic E-state index is -0.150. The Morgan fingerprint density at radius 3 is 2.85 bits per heavy atom. The van der Waals surface area contributed by atoms with Crippen molar-refractivity contribution in [3.05, 3.63) is 41.5 Å². The van der Waals surface area contributed by atoms with Gasteiger partial charge >= 0.3 is 0 Å². The maximum atomic E-state index is 11.9. The van der Waals surface area contributed by atoms with Crippen LogP contribution in [0.5, 0.6) is 0 Å². The lowest BCUT2D eigenvalue weighted by molar-refractivity contribution is -0.115. The molecule has 1 aromatic heterocycles. The summed E-state index contributed by atoms with van der Waals surface area (Å²) in [7, 11) is 0. The molecule has 1 aromatic carbocycles. The summed E-state index contributed by atoms with van der Waals surface area (Å²) in [6.45, 7) is 2.97. The van der Waals surface area contributed by atoms with Gasteiger partial charge in [-0.25, -0.2) is 0 Å². The van der Waals surface area contributed by atoms with Crippen LogP contribution < -0.4 is 10.6 Å². The summed E-state index contributed by atoms with van der Waals surface area (Å²) in [6.07, 6.45) is 1.11. The number of benzene rings is 1. The van der Waals surface area contributed by atoms with Gasteiger partial charge in [-0.3, -0.25) is 4.79 Å². The third-order valence-corrected chi connectivity index (χ3v) is 3.26. The summed E-state index contributed by atoms with van der Waals surface area (Å²) in [5, 5.41) is 9.81. The zero-order valence-corrected chi connectivity index (χ0v) is 11.2. The molecule has 2 heterocycles. The Morgan fingerprint density at radius 1 is 1.45 bits per heavy atom. The monoisotopic (exact) mass is 272 g/mol. The molecule has 1 aliphatic heterocycles. The summed E-state index contributed by atoms with van der Waals surface area (Å²) in [4.78, 5) is 16.1. The number of carbonyl (C=O) groups excluding carboxylic acids is 1. The fraction of sp³-hybridized carbons (Fsp3) is 0.357. The molecule has 1 saturated heterocycles. The first-order valence-electron chi connectivity index (χ1n) is 6.63. The molecule has 104 valence electrons. The number of nitrogens with zero attached hydrogens (tertiary/aromatic N) is 2. The van der Waals surface area contributed by atoms with Crippen LogP contribution in [0.4, 0.5) is 5.69 Å². The molecule has 2 N–H and O–H groups in total. The van der Waals surface area contributed by atoms with E-state index in [1.165, 1.54) is 0 Å². The Hall–Kier alpha value is -2.21. The van der Waals surface area contributed by atoms with E-state index in [0.29, 0.717) is 11.7 Å². The smallest absolute Gasteiger partial charge is 0.243 e. The van der Waals surface area contributed by atoms with Gasteiger partial charge in [-0.05, 0) is 32.0 Å². The average molecular weight is 272 g/mol. The fourth-order valence-electron chi connectivity index (χ4n) is 1.97. The van der Waals surface area contributed by atoms with Crippen LogP contribution in [-0.2, 0) is 11.2 Å². The van der Waals surface area contributed by atoms with E-state index in [9.17, 15) is 4.79 Å². The van der Waals surface area contributed by atoms with Crippen LogP contribution >= 0.6 is 0 Å². The first kappa shape index (κ1) is 12.8. The lowest BCUT2D eigenvalue weighted by Gasteiger charge is -2.23. The van der Waals surface area contributed by atoms with Crippen molar-refractivity contribution in [3.8, 4) is 0 Å². The molecule has 1 atom stereocenters. The minimum Gasteiger partial charge on any atom is -0.338 e. The Labute approximate surface area is 116 Å². The molecule has 6 heteroatoms. The summed E-state index contributed by atoms with van der Waals surface area (Å²) in [6, 6.07) is 7.78. The molecule has 0 spiro atoms. The van der Waals surface area contributed by atoms with E-state index in [-0.39, 0.29) is 18.4 Å². The minimum absolute atomic E-state index is 0.115. The Morgan fingerprint density at radius 2 is 2.20 bits per heavy atom. The van der Waals surface area contributed by atoms with Crippen molar-refractivity contribution in [2.45, 2.75) is 25.8 Å². The van der Waals surface area contributed by atoms with Gasteiger partial charge in [-0.1, -0.05) is 22.9 Å². The van der Waals surface area contributed by atoms with E-state index in [2.05, 4.69) is 20.8 Å². The third kappa shape index (κ3) is 2.85. The number of amides is 1. The van der Waals surface area contributed by atoms with E-state index in [1.807, 2.05) is 31.2 Å². The molecule has 2 aromatic rings. The number of anilines is 1. The lowest BCUT2D eigenvalue weighted by Crippen LogP contribution is -2.35. The van der Waals surface area contributed by atoms with Gasteiger partial charge in [0, 0.05) is 5.69 Å². The highest BCUT2D eigenvalue weighted by Crippen LogP contribution is 2.20. The second-order valence-electron chi connectivity index (χ2n) is 4.94. The summed E-state index contributed by atoms with van der Waals surface area (Å²) in [5.41, 5.74) is 1.92.